The minimum atomic E-state index is 0.404. The van der Waals surface area contributed by atoms with Crippen molar-refractivity contribution in [1.29, 1.82) is 0 Å². The predicted octanol–water partition coefficient (Wildman–Crippen LogP) is 1.87. The minimum Gasteiger partial charge on any atom is -0.477 e. The average Bonchev–Trinajstić information content (AvgIpc) is 2.66. The third kappa shape index (κ3) is 1.74. The van der Waals surface area contributed by atoms with E-state index < -0.39 is 0 Å². The average molecular weight is 227 g/mol. The molecule has 0 radical (unpaired) electrons. The molecule has 0 aliphatic rings. The molecule has 0 aromatic carbocycles. The molecule has 2 aromatic heterocycles. The first-order valence-corrected chi connectivity index (χ1v) is 5.10. The zero-order valence-electron chi connectivity index (χ0n) is 8.57. The second kappa shape index (κ2) is 4.02. The molecule has 0 fully saturated rings. The Morgan fingerprint density at radius 3 is 3.07 bits per heavy atom. The van der Waals surface area contributed by atoms with Gasteiger partial charge in [0.2, 0.25) is 5.88 Å². The molecule has 2 rings (SSSR count). The van der Waals surface area contributed by atoms with Gasteiger partial charge in [0, 0.05) is 5.56 Å². The van der Waals surface area contributed by atoms with Crippen molar-refractivity contribution in [2.24, 2.45) is 0 Å². The van der Waals surface area contributed by atoms with Crippen LogP contribution < -0.4 is 4.74 Å². The van der Waals surface area contributed by atoms with Crippen LogP contribution in [0.1, 0.15) is 18.9 Å². The second-order valence-corrected chi connectivity index (χ2v) is 3.51. The van der Waals surface area contributed by atoms with Crippen molar-refractivity contribution in [3.63, 3.8) is 0 Å². The summed E-state index contributed by atoms with van der Waals surface area (Å²) in [7, 11) is 0. The van der Waals surface area contributed by atoms with Gasteiger partial charge in [-0.3, -0.25) is 0 Å². The Bertz CT molecular complexity index is 482. The molecular weight excluding hydrogens is 216 g/mol. The highest BCUT2D eigenvalue weighted by atomic mass is 35.5. The van der Waals surface area contributed by atoms with Crippen LogP contribution in [0, 0.1) is 6.92 Å². The largest absolute Gasteiger partial charge is 0.477 e. The van der Waals surface area contributed by atoms with Crippen LogP contribution in [0.2, 0.25) is 5.15 Å². The number of hydrogen-bond acceptors (Lipinski definition) is 4. The van der Waals surface area contributed by atoms with E-state index in [0.717, 1.165) is 12.0 Å². The zero-order valence-corrected chi connectivity index (χ0v) is 9.32. The number of hydrogen-bond donors (Lipinski definition) is 0. The molecule has 0 aliphatic carbocycles. The Kier molecular flexibility index (Phi) is 2.73. The molecule has 2 aromatic rings. The van der Waals surface area contributed by atoms with Crippen LogP contribution in [-0.2, 0) is 0 Å². The van der Waals surface area contributed by atoms with E-state index in [1.165, 1.54) is 6.33 Å². The molecule has 0 aliphatic heterocycles. The number of aromatic nitrogens is 4. The van der Waals surface area contributed by atoms with Gasteiger partial charge in [-0.1, -0.05) is 18.5 Å². The molecule has 0 unspecified atom stereocenters. The van der Waals surface area contributed by atoms with E-state index in [4.69, 9.17) is 16.3 Å². The van der Waals surface area contributed by atoms with Crippen molar-refractivity contribution in [1.82, 2.24) is 19.6 Å². The quantitative estimate of drug-likeness (QED) is 0.750. The van der Waals surface area contributed by atoms with Gasteiger partial charge in [0.25, 0.3) is 5.78 Å². The third-order valence-corrected chi connectivity index (χ3v) is 2.36. The van der Waals surface area contributed by atoms with Crippen LogP contribution >= 0.6 is 11.6 Å². The summed E-state index contributed by atoms with van der Waals surface area (Å²) in [6.45, 7) is 4.51. The molecule has 6 heteroatoms. The fraction of sp³-hybridized carbons (Fsp3) is 0.444. The molecule has 0 atom stereocenters. The van der Waals surface area contributed by atoms with Crippen LogP contribution in [0.15, 0.2) is 6.33 Å². The van der Waals surface area contributed by atoms with Crippen molar-refractivity contribution in [2.75, 3.05) is 6.61 Å². The van der Waals surface area contributed by atoms with Crippen molar-refractivity contribution in [3.8, 4) is 5.88 Å². The fourth-order valence-corrected chi connectivity index (χ4v) is 1.40. The molecule has 2 heterocycles. The van der Waals surface area contributed by atoms with Gasteiger partial charge in [-0.15, -0.1) is 0 Å². The van der Waals surface area contributed by atoms with E-state index in [1.807, 2.05) is 13.8 Å². The van der Waals surface area contributed by atoms with E-state index in [-0.39, 0.29) is 0 Å². The lowest BCUT2D eigenvalue weighted by molar-refractivity contribution is 0.294. The van der Waals surface area contributed by atoms with E-state index in [9.17, 15) is 0 Å². The first kappa shape index (κ1) is 10.2. The van der Waals surface area contributed by atoms with Gasteiger partial charge < -0.3 is 4.74 Å². The number of nitrogens with zero attached hydrogens (tertiary/aromatic N) is 4. The third-order valence-electron chi connectivity index (χ3n) is 1.99. The van der Waals surface area contributed by atoms with Gasteiger partial charge in [0.1, 0.15) is 11.5 Å². The number of fused-ring (bicyclic) bond motifs is 1. The monoisotopic (exact) mass is 226 g/mol. The highest BCUT2D eigenvalue weighted by molar-refractivity contribution is 6.30. The molecule has 0 N–H and O–H groups in total. The van der Waals surface area contributed by atoms with Gasteiger partial charge in [-0.25, -0.2) is 0 Å². The number of ether oxygens (including phenoxy) is 1. The molecule has 0 saturated carbocycles. The molecule has 0 saturated heterocycles. The molecule has 5 nitrogen and oxygen atoms in total. The molecule has 0 bridgehead atoms. The summed E-state index contributed by atoms with van der Waals surface area (Å²) >= 11 is 5.96. The summed E-state index contributed by atoms with van der Waals surface area (Å²) in [6.07, 6.45) is 2.35. The zero-order chi connectivity index (χ0) is 10.8. The second-order valence-electron chi connectivity index (χ2n) is 3.15. The predicted molar refractivity (Wildman–Crippen MR) is 56.3 cm³/mol. The lowest BCUT2D eigenvalue weighted by Crippen LogP contribution is -2.05. The van der Waals surface area contributed by atoms with Crippen LogP contribution in [0.25, 0.3) is 5.78 Å². The summed E-state index contributed by atoms with van der Waals surface area (Å²) in [4.78, 5) is 8.04. The molecule has 15 heavy (non-hydrogen) atoms. The standard InChI is InChI=1S/C9H11ClN4O/c1-3-4-15-8-6(2)7(10)13-9-11-5-12-14(8)9/h5H,3-4H2,1-2H3. The first-order valence-electron chi connectivity index (χ1n) is 4.72. The maximum atomic E-state index is 5.96. The molecule has 0 spiro atoms. The fourth-order valence-electron chi connectivity index (χ4n) is 1.24. The van der Waals surface area contributed by atoms with Crippen LogP contribution in [-0.4, -0.2) is 26.2 Å². The van der Waals surface area contributed by atoms with Gasteiger partial charge >= 0.3 is 0 Å². The Morgan fingerprint density at radius 2 is 2.33 bits per heavy atom. The Morgan fingerprint density at radius 1 is 1.53 bits per heavy atom. The topological polar surface area (TPSA) is 52.3 Å². The van der Waals surface area contributed by atoms with Crippen LogP contribution in [0.5, 0.6) is 5.88 Å². The van der Waals surface area contributed by atoms with Crippen molar-refractivity contribution < 1.29 is 4.74 Å². The van der Waals surface area contributed by atoms with E-state index in [2.05, 4.69) is 15.1 Å². The highest BCUT2D eigenvalue weighted by Gasteiger charge is 2.12. The van der Waals surface area contributed by atoms with Crippen LogP contribution in [0.3, 0.4) is 0 Å². The van der Waals surface area contributed by atoms with E-state index in [1.54, 1.807) is 4.52 Å². The lowest BCUT2D eigenvalue weighted by Gasteiger charge is -2.09. The smallest absolute Gasteiger partial charge is 0.256 e. The maximum Gasteiger partial charge on any atom is 0.256 e. The van der Waals surface area contributed by atoms with Crippen molar-refractivity contribution in [2.45, 2.75) is 20.3 Å². The molecule has 0 amide bonds. The number of halogens is 1. The first-order chi connectivity index (χ1) is 7.24. The van der Waals surface area contributed by atoms with Gasteiger partial charge in [-0.2, -0.15) is 19.6 Å². The summed E-state index contributed by atoms with van der Waals surface area (Å²) in [5.74, 6) is 1.07. The summed E-state index contributed by atoms with van der Waals surface area (Å²) in [5.41, 5.74) is 0.781. The maximum absolute atomic E-state index is 5.96. The summed E-state index contributed by atoms with van der Waals surface area (Å²) in [5, 5.41) is 4.44. The van der Waals surface area contributed by atoms with E-state index >= 15 is 0 Å². The van der Waals surface area contributed by atoms with Gasteiger partial charge in [-0.05, 0) is 13.3 Å². The van der Waals surface area contributed by atoms with E-state index in [0.29, 0.717) is 23.4 Å². The van der Waals surface area contributed by atoms with Crippen molar-refractivity contribution in [3.05, 3.63) is 17.0 Å². The SMILES string of the molecule is CCCOc1c(C)c(Cl)nc2ncnn12. The lowest BCUT2D eigenvalue weighted by atomic mass is 10.4. The van der Waals surface area contributed by atoms with Gasteiger partial charge in [0.05, 0.1) is 6.61 Å². The molecular formula is C9H11ClN4O. The normalized spacial score (nSPS) is 10.9. The Hall–Kier alpha value is -1.36. The Balaban J connectivity index is 2.56. The highest BCUT2D eigenvalue weighted by Crippen LogP contribution is 2.23. The molecule has 80 valence electrons. The Labute approximate surface area is 92.1 Å². The number of rotatable bonds is 3. The summed E-state index contributed by atoms with van der Waals surface area (Å²) in [6, 6.07) is 0. The van der Waals surface area contributed by atoms with Crippen molar-refractivity contribution >= 4 is 17.4 Å². The summed E-state index contributed by atoms with van der Waals surface area (Å²) < 4.78 is 7.13. The minimum absolute atomic E-state index is 0.404. The van der Waals surface area contributed by atoms with Crippen LogP contribution in [0.4, 0.5) is 0 Å². The van der Waals surface area contributed by atoms with Gasteiger partial charge in [0.15, 0.2) is 0 Å².